The molecular weight excluding hydrogens is 305 g/mol. The van der Waals surface area contributed by atoms with Crippen molar-refractivity contribution in [3.63, 3.8) is 0 Å². The highest BCUT2D eigenvalue weighted by molar-refractivity contribution is 5.72. The third-order valence-corrected chi connectivity index (χ3v) is 3.23. The largest absolute Gasteiger partial charge is 0.389 e. The highest BCUT2D eigenvalue weighted by Crippen LogP contribution is 2.24. The lowest BCUT2D eigenvalue weighted by atomic mass is 10.1. The number of hydrogen-bond donors (Lipinski definition) is 1. The van der Waals surface area contributed by atoms with Crippen molar-refractivity contribution in [2.24, 2.45) is 0 Å². The number of halogens is 3. The molecule has 0 radical (unpaired) electrons. The van der Waals surface area contributed by atoms with E-state index < -0.39 is 12.6 Å². The summed E-state index contributed by atoms with van der Waals surface area (Å²) in [6.45, 7) is 0. The van der Waals surface area contributed by atoms with E-state index in [-0.39, 0.29) is 6.42 Å². The van der Waals surface area contributed by atoms with Crippen LogP contribution in [0.1, 0.15) is 12.0 Å². The van der Waals surface area contributed by atoms with E-state index in [0.29, 0.717) is 28.2 Å². The molecule has 3 rings (SSSR count). The third-order valence-electron chi connectivity index (χ3n) is 3.23. The van der Waals surface area contributed by atoms with Crippen LogP contribution in [0.3, 0.4) is 0 Å². The zero-order valence-corrected chi connectivity index (χ0v) is 12.0. The van der Waals surface area contributed by atoms with Gasteiger partial charge in [0.2, 0.25) is 0 Å². The van der Waals surface area contributed by atoms with Crippen molar-refractivity contribution in [1.29, 1.82) is 0 Å². The minimum absolute atomic E-state index is 0.0460. The molecule has 1 aromatic carbocycles. The summed E-state index contributed by atoms with van der Waals surface area (Å²) in [4.78, 5) is 12.6. The van der Waals surface area contributed by atoms with Gasteiger partial charge in [0.05, 0.1) is 0 Å². The number of aromatic nitrogens is 3. The van der Waals surface area contributed by atoms with Gasteiger partial charge in [0.25, 0.3) is 0 Å². The molecule has 2 heterocycles. The van der Waals surface area contributed by atoms with Gasteiger partial charge in [-0.05, 0) is 36.2 Å². The molecule has 0 saturated carbocycles. The maximum absolute atomic E-state index is 12.3. The Kier molecular flexibility index (Phi) is 4.10. The normalized spacial score (nSPS) is 11.6. The second-order valence-electron chi connectivity index (χ2n) is 5.04. The number of pyridine rings is 1. The van der Waals surface area contributed by atoms with Crippen molar-refractivity contribution in [2.75, 3.05) is 5.32 Å². The quantitative estimate of drug-likeness (QED) is 0.781. The molecular formula is C16H13F3N4. The van der Waals surface area contributed by atoms with Gasteiger partial charge in [0.15, 0.2) is 5.65 Å². The number of benzene rings is 1. The van der Waals surface area contributed by atoms with E-state index in [2.05, 4.69) is 20.3 Å². The Bertz CT molecular complexity index is 818. The van der Waals surface area contributed by atoms with Gasteiger partial charge in [-0.3, -0.25) is 4.98 Å². The van der Waals surface area contributed by atoms with Crippen molar-refractivity contribution in [2.45, 2.75) is 19.0 Å². The van der Waals surface area contributed by atoms with Gasteiger partial charge in [-0.2, -0.15) is 13.2 Å². The fourth-order valence-electron chi connectivity index (χ4n) is 2.16. The van der Waals surface area contributed by atoms with E-state index >= 15 is 0 Å². The smallest absolute Gasteiger partial charge is 0.340 e. The average molecular weight is 318 g/mol. The molecule has 0 fully saturated rings. The first-order valence-corrected chi connectivity index (χ1v) is 7.00. The summed E-state index contributed by atoms with van der Waals surface area (Å²) in [5, 5.41) is 3.07. The highest BCUT2D eigenvalue weighted by Gasteiger charge is 2.26. The summed E-state index contributed by atoms with van der Waals surface area (Å²) >= 11 is 0. The van der Waals surface area contributed by atoms with Gasteiger partial charge in [0, 0.05) is 24.5 Å². The molecule has 0 unspecified atom stereocenters. The summed E-state index contributed by atoms with van der Waals surface area (Å²) in [5.74, 6) is 0.561. The summed E-state index contributed by atoms with van der Waals surface area (Å²) in [6.07, 6.45) is -1.89. The zero-order valence-electron chi connectivity index (χ0n) is 12.0. The van der Waals surface area contributed by atoms with E-state index in [1.165, 1.54) is 0 Å². The average Bonchev–Trinajstić information content (AvgIpc) is 2.53. The van der Waals surface area contributed by atoms with Gasteiger partial charge in [-0.1, -0.05) is 12.1 Å². The van der Waals surface area contributed by atoms with Crippen LogP contribution in [0.4, 0.5) is 24.7 Å². The number of anilines is 2. The summed E-state index contributed by atoms with van der Waals surface area (Å²) in [7, 11) is 0. The molecule has 0 aliphatic heterocycles. The Labute approximate surface area is 130 Å². The molecule has 0 aliphatic rings. The first-order chi connectivity index (χ1) is 11.0. The second kappa shape index (κ2) is 6.20. The SMILES string of the molecule is FC(F)(F)CCc1cccc(Nc2ccc3nccnc3n2)c1. The molecule has 0 bridgehead atoms. The number of hydrogen-bond acceptors (Lipinski definition) is 4. The minimum Gasteiger partial charge on any atom is -0.340 e. The number of nitrogens with zero attached hydrogens (tertiary/aromatic N) is 3. The maximum Gasteiger partial charge on any atom is 0.389 e. The van der Waals surface area contributed by atoms with Crippen LogP contribution in [0.25, 0.3) is 11.2 Å². The molecule has 7 heteroatoms. The van der Waals surface area contributed by atoms with Crippen LogP contribution in [0, 0.1) is 0 Å². The molecule has 3 aromatic rings. The molecule has 0 saturated heterocycles. The van der Waals surface area contributed by atoms with Crippen LogP contribution in [0.5, 0.6) is 0 Å². The first-order valence-electron chi connectivity index (χ1n) is 7.00. The van der Waals surface area contributed by atoms with E-state index in [1.807, 2.05) is 0 Å². The predicted octanol–water partition coefficient (Wildman–Crippen LogP) is 4.26. The van der Waals surface area contributed by atoms with Crippen molar-refractivity contribution in [3.05, 3.63) is 54.4 Å². The lowest BCUT2D eigenvalue weighted by Gasteiger charge is -2.09. The minimum atomic E-state index is -4.15. The Morgan fingerprint density at radius 3 is 2.65 bits per heavy atom. The molecule has 0 aliphatic carbocycles. The number of aryl methyl sites for hydroxylation is 1. The lowest BCUT2D eigenvalue weighted by molar-refractivity contribution is -0.133. The number of fused-ring (bicyclic) bond motifs is 1. The maximum atomic E-state index is 12.3. The van der Waals surface area contributed by atoms with Crippen molar-refractivity contribution in [3.8, 4) is 0 Å². The standard InChI is InChI=1S/C16H13F3N4/c17-16(18,19)7-6-11-2-1-3-12(10-11)22-14-5-4-13-15(23-14)21-9-8-20-13/h1-5,8-10H,6-7H2,(H,21,22,23). The predicted molar refractivity (Wildman–Crippen MR) is 81.4 cm³/mol. The van der Waals surface area contributed by atoms with Crippen molar-refractivity contribution >= 4 is 22.7 Å². The second-order valence-corrected chi connectivity index (χ2v) is 5.04. The van der Waals surface area contributed by atoms with E-state index in [9.17, 15) is 13.2 Å². The van der Waals surface area contributed by atoms with Gasteiger partial charge >= 0.3 is 6.18 Å². The molecule has 2 aromatic heterocycles. The molecule has 0 atom stereocenters. The van der Waals surface area contributed by atoms with Crippen LogP contribution >= 0.6 is 0 Å². The zero-order chi connectivity index (χ0) is 16.3. The van der Waals surface area contributed by atoms with E-state index in [1.54, 1.807) is 48.8 Å². The fourth-order valence-corrected chi connectivity index (χ4v) is 2.16. The van der Waals surface area contributed by atoms with Crippen LogP contribution < -0.4 is 5.32 Å². The van der Waals surface area contributed by atoms with Crippen molar-refractivity contribution in [1.82, 2.24) is 15.0 Å². The highest BCUT2D eigenvalue weighted by atomic mass is 19.4. The first kappa shape index (κ1) is 15.2. The summed E-state index contributed by atoms with van der Waals surface area (Å²) in [6, 6.07) is 10.4. The monoisotopic (exact) mass is 318 g/mol. The van der Waals surface area contributed by atoms with Crippen molar-refractivity contribution < 1.29 is 13.2 Å². The third kappa shape index (κ3) is 4.15. The van der Waals surface area contributed by atoms with Crippen LogP contribution in [0.15, 0.2) is 48.8 Å². The molecule has 0 amide bonds. The van der Waals surface area contributed by atoms with Gasteiger partial charge in [-0.25, -0.2) is 9.97 Å². The summed E-state index contributed by atoms with van der Waals surface area (Å²) in [5.41, 5.74) is 2.48. The molecule has 23 heavy (non-hydrogen) atoms. The molecule has 0 spiro atoms. The van der Waals surface area contributed by atoms with Gasteiger partial charge in [0.1, 0.15) is 11.3 Å². The Morgan fingerprint density at radius 2 is 1.83 bits per heavy atom. The van der Waals surface area contributed by atoms with Gasteiger partial charge < -0.3 is 5.32 Å². The molecule has 118 valence electrons. The van der Waals surface area contributed by atoms with Crippen LogP contribution in [-0.2, 0) is 6.42 Å². The Morgan fingerprint density at radius 1 is 1.00 bits per heavy atom. The number of rotatable bonds is 4. The lowest BCUT2D eigenvalue weighted by Crippen LogP contribution is -2.08. The molecule has 4 nitrogen and oxygen atoms in total. The Hall–Kier alpha value is -2.70. The fraction of sp³-hybridized carbons (Fsp3) is 0.188. The number of nitrogens with one attached hydrogen (secondary N) is 1. The van der Waals surface area contributed by atoms with Crippen LogP contribution in [-0.4, -0.2) is 21.1 Å². The van der Waals surface area contributed by atoms with E-state index in [0.717, 1.165) is 0 Å². The number of alkyl halides is 3. The van der Waals surface area contributed by atoms with Gasteiger partial charge in [-0.15, -0.1) is 0 Å². The van der Waals surface area contributed by atoms with E-state index in [4.69, 9.17) is 0 Å². The Balaban J connectivity index is 1.76. The molecule has 1 N–H and O–H groups in total. The van der Waals surface area contributed by atoms with Crippen LogP contribution in [0.2, 0.25) is 0 Å². The topological polar surface area (TPSA) is 50.7 Å². The summed E-state index contributed by atoms with van der Waals surface area (Å²) < 4.78 is 36.9.